The SMILES string of the molecule is CC(=O)C1CCC2C3CC=C4N(C)C(=O)CC[C@]4(C)C3[C@@](C)(O)C[C@]12C. The fraction of sp³-hybridized carbons (Fsp3) is 0.818. The lowest BCUT2D eigenvalue weighted by Gasteiger charge is -2.63. The molecule has 1 aliphatic heterocycles. The van der Waals surface area contributed by atoms with Crippen LogP contribution in [0.4, 0.5) is 0 Å². The molecule has 144 valence electrons. The number of piperidine rings is 1. The standard InChI is InChI=1S/C22H33NO3/c1-13(24)15-7-8-16-14-6-9-17-20(2,11-10-18(25)23(17)5)19(14)22(4,26)12-21(15,16)3/h9,14-16,19,26H,6-8,10-12H2,1-5H3/t14?,15?,16?,19?,20-,21+,22-/m0/s1. The van der Waals surface area contributed by atoms with Gasteiger partial charge in [-0.15, -0.1) is 0 Å². The number of hydrogen-bond acceptors (Lipinski definition) is 3. The van der Waals surface area contributed by atoms with Gasteiger partial charge in [-0.05, 0) is 63.2 Å². The predicted molar refractivity (Wildman–Crippen MR) is 100 cm³/mol. The number of carbonyl (C=O) groups is 2. The van der Waals surface area contributed by atoms with Gasteiger partial charge in [0.15, 0.2) is 0 Å². The molecular formula is C22H33NO3. The van der Waals surface area contributed by atoms with Gasteiger partial charge >= 0.3 is 0 Å². The van der Waals surface area contributed by atoms with Gasteiger partial charge in [-0.2, -0.15) is 0 Å². The number of allylic oxidation sites excluding steroid dienone is 2. The van der Waals surface area contributed by atoms with E-state index in [9.17, 15) is 14.7 Å². The molecule has 0 bridgehead atoms. The van der Waals surface area contributed by atoms with Gasteiger partial charge in [0.05, 0.1) is 5.60 Å². The minimum Gasteiger partial charge on any atom is -0.390 e. The molecule has 2 saturated carbocycles. The lowest BCUT2D eigenvalue weighted by atomic mass is 9.44. The average molecular weight is 360 g/mol. The summed E-state index contributed by atoms with van der Waals surface area (Å²) in [6, 6.07) is 0. The molecule has 1 N–H and O–H groups in total. The highest BCUT2D eigenvalue weighted by Crippen LogP contribution is 2.68. The van der Waals surface area contributed by atoms with Crippen molar-refractivity contribution in [2.45, 2.75) is 71.8 Å². The summed E-state index contributed by atoms with van der Waals surface area (Å²) >= 11 is 0. The van der Waals surface area contributed by atoms with Crippen LogP contribution in [0, 0.1) is 34.5 Å². The van der Waals surface area contributed by atoms with Crippen molar-refractivity contribution in [2.24, 2.45) is 34.5 Å². The van der Waals surface area contributed by atoms with Crippen LogP contribution in [-0.4, -0.2) is 34.3 Å². The Hall–Kier alpha value is -1.16. The first-order chi connectivity index (χ1) is 12.0. The normalized spacial score (nSPS) is 50.6. The highest BCUT2D eigenvalue weighted by molar-refractivity contribution is 5.80. The first-order valence-corrected chi connectivity index (χ1v) is 10.2. The molecule has 4 heteroatoms. The van der Waals surface area contributed by atoms with E-state index in [0.717, 1.165) is 31.4 Å². The third-order valence-corrected chi connectivity index (χ3v) is 8.70. The molecule has 1 saturated heterocycles. The second-order valence-electron chi connectivity index (χ2n) is 10.2. The molecule has 3 fully saturated rings. The Morgan fingerprint density at radius 2 is 1.96 bits per heavy atom. The maximum atomic E-state index is 12.3. The third-order valence-electron chi connectivity index (χ3n) is 8.70. The monoisotopic (exact) mass is 359 g/mol. The van der Waals surface area contributed by atoms with Gasteiger partial charge in [-0.3, -0.25) is 9.59 Å². The van der Waals surface area contributed by atoms with Crippen molar-refractivity contribution in [1.29, 1.82) is 0 Å². The molecule has 4 unspecified atom stereocenters. The van der Waals surface area contributed by atoms with E-state index in [1.54, 1.807) is 6.92 Å². The van der Waals surface area contributed by atoms with Crippen LogP contribution in [0.25, 0.3) is 0 Å². The summed E-state index contributed by atoms with van der Waals surface area (Å²) in [5.41, 5.74) is 0.0305. The van der Waals surface area contributed by atoms with Crippen molar-refractivity contribution in [3.05, 3.63) is 11.8 Å². The zero-order valence-corrected chi connectivity index (χ0v) is 16.8. The molecular weight excluding hydrogens is 326 g/mol. The van der Waals surface area contributed by atoms with E-state index in [4.69, 9.17) is 0 Å². The van der Waals surface area contributed by atoms with Gasteiger partial charge in [0.25, 0.3) is 0 Å². The number of ketones is 1. The fourth-order valence-corrected chi connectivity index (χ4v) is 8.04. The minimum absolute atomic E-state index is 0.0775. The van der Waals surface area contributed by atoms with Gasteiger partial charge in [0, 0.05) is 36.4 Å². The summed E-state index contributed by atoms with van der Waals surface area (Å²) in [5.74, 6) is 1.57. The number of rotatable bonds is 1. The summed E-state index contributed by atoms with van der Waals surface area (Å²) in [6.45, 7) is 8.22. The predicted octanol–water partition coefficient (Wildman–Crippen LogP) is 3.54. The largest absolute Gasteiger partial charge is 0.390 e. The zero-order valence-electron chi connectivity index (χ0n) is 16.8. The van der Waals surface area contributed by atoms with Gasteiger partial charge in [0.2, 0.25) is 5.91 Å². The topological polar surface area (TPSA) is 57.6 Å². The van der Waals surface area contributed by atoms with E-state index >= 15 is 0 Å². The Bertz CT molecular complexity index is 696. The van der Waals surface area contributed by atoms with Crippen molar-refractivity contribution >= 4 is 11.7 Å². The Balaban J connectivity index is 1.80. The lowest BCUT2D eigenvalue weighted by molar-refractivity contribution is -0.184. The van der Waals surface area contributed by atoms with E-state index < -0.39 is 5.60 Å². The summed E-state index contributed by atoms with van der Waals surface area (Å²) < 4.78 is 0. The third kappa shape index (κ3) is 2.17. The second-order valence-corrected chi connectivity index (χ2v) is 10.2. The number of Topliss-reactive ketones (excluding diaryl/α,β-unsaturated/α-hetero) is 1. The van der Waals surface area contributed by atoms with Crippen molar-refractivity contribution in [2.75, 3.05) is 7.05 Å². The van der Waals surface area contributed by atoms with Gasteiger partial charge in [0.1, 0.15) is 5.78 Å². The van der Waals surface area contributed by atoms with Gasteiger partial charge in [-0.1, -0.05) is 19.9 Å². The quantitative estimate of drug-likeness (QED) is 0.779. The highest BCUT2D eigenvalue weighted by atomic mass is 16.3. The van der Waals surface area contributed by atoms with Crippen LogP contribution in [0.5, 0.6) is 0 Å². The molecule has 4 aliphatic rings. The van der Waals surface area contributed by atoms with Crippen LogP contribution in [0.3, 0.4) is 0 Å². The molecule has 3 aliphatic carbocycles. The smallest absolute Gasteiger partial charge is 0.226 e. The molecule has 0 aromatic heterocycles. The molecule has 1 heterocycles. The molecule has 26 heavy (non-hydrogen) atoms. The molecule has 0 aromatic rings. The van der Waals surface area contributed by atoms with Gasteiger partial charge in [-0.25, -0.2) is 0 Å². The van der Waals surface area contributed by atoms with Crippen LogP contribution < -0.4 is 0 Å². The fourth-order valence-electron chi connectivity index (χ4n) is 8.04. The maximum absolute atomic E-state index is 12.3. The highest BCUT2D eigenvalue weighted by Gasteiger charge is 2.66. The molecule has 7 atom stereocenters. The van der Waals surface area contributed by atoms with Crippen LogP contribution in [0.1, 0.15) is 66.2 Å². The number of carbonyl (C=O) groups excluding carboxylic acids is 2. The van der Waals surface area contributed by atoms with Gasteiger partial charge < -0.3 is 10.0 Å². The number of aliphatic hydroxyl groups is 1. The Labute approximate surface area is 157 Å². The summed E-state index contributed by atoms with van der Waals surface area (Å²) in [6.07, 6.45) is 7.29. The number of fused-ring (bicyclic) bond motifs is 5. The van der Waals surface area contributed by atoms with Crippen LogP contribution in [-0.2, 0) is 9.59 Å². The molecule has 0 aromatic carbocycles. The van der Waals surface area contributed by atoms with E-state index in [-0.39, 0.29) is 34.4 Å². The first kappa shape index (κ1) is 18.2. The average Bonchev–Trinajstić information content (AvgIpc) is 2.86. The van der Waals surface area contributed by atoms with E-state index in [1.807, 2.05) is 18.9 Å². The Morgan fingerprint density at radius 1 is 1.27 bits per heavy atom. The summed E-state index contributed by atoms with van der Waals surface area (Å²) in [4.78, 5) is 26.4. The molecule has 0 spiro atoms. The Kier molecular flexibility index (Phi) is 3.81. The van der Waals surface area contributed by atoms with E-state index in [0.29, 0.717) is 24.7 Å². The maximum Gasteiger partial charge on any atom is 0.226 e. The molecule has 1 amide bonds. The van der Waals surface area contributed by atoms with Crippen LogP contribution in [0.15, 0.2) is 11.8 Å². The summed E-state index contributed by atoms with van der Waals surface area (Å²) in [7, 11) is 1.88. The second kappa shape index (κ2) is 5.43. The number of amides is 1. The molecule has 4 rings (SSSR count). The minimum atomic E-state index is -0.816. The summed E-state index contributed by atoms with van der Waals surface area (Å²) in [5, 5.41) is 11.7. The van der Waals surface area contributed by atoms with Crippen molar-refractivity contribution in [1.82, 2.24) is 4.90 Å². The molecule has 0 radical (unpaired) electrons. The van der Waals surface area contributed by atoms with Crippen molar-refractivity contribution < 1.29 is 14.7 Å². The number of hydrogen-bond donors (Lipinski definition) is 1. The first-order valence-electron chi connectivity index (χ1n) is 10.2. The molecule has 4 nitrogen and oxygen atoms in total. The van der Waals surface area contributed by atoms with Crippen molar-refractivity contribution in [3.63, 3.8) is 0 Å². The lowest BCUT2D eigenvalue weighted by Crippen LogP contribution is -2.63. The van der Waals surface area contributed by atoms with Crippen LogP contribution in [0.2, 0.25) is 0 Å². The van der Waals surface area contributed by atoms with E-state index in [2.05, 4.69) is 19.9 Å². The van der Waals surface area contributed by atoms with Crippen LogP contribution >= 0.6 is 0 Å². The number of nitrogens with zero attached hydrogens (tertiary/aromatic N) is 1. The van der Waals surface area contributed by atoms with E-state index in [1.165, 1.54) is 0 Å². The number of likely N-dealkylation sites (tertiary alicyclic amines) is 1. The zero-order chi connectivity index (χ0) is 19.1. The van der Waals surface area contributed by atoms with Crippen molar-refractivity contribution in [3.8, 4) is 0 Å². The Morgan fingerprint density at radius 3 is 2.62 bits per heavy atom.